The van der Waals surface area contributed by atoms with Gasteiger partial charge < -0.3 is 9.88 Å². The molecular formula is C16H23N5O. The van der Waals surface area contributed by atoms with Crippen molar-refractivity contribution < 1.29 is 4.79 Å². The van der Waals surface area contributed by atoms with E-state index >= 15 is 0 Å². The van der Waals surface area contributed by atoms with Gasteiger partial charge in [0.1, 0.15) is 11.2 Å². The highest BCUT2D eigenvalue weighted by Gasteiger charge is 2.39. The number of hydrogen-bond acceptors (Lipinski definition) is 4. The molecule has 3 rings (SSSR count). The molecule has 0 saturated heterocycles. The smallest absolute Gasteiger partial charge is 0.240 e. The fraction of sp³-hybridized carbons (Fsp3) is 0.750. The third kappa shape index (κ3) is 2.60. The number of nitriles is 1. The molecule has 0 aliphatic heterocycles. The van der Waals surface area contributed by atoms with Crippen LogP contribution < -0.4 is 5.32 Å². The lowest BCUT2D eigenvalue weighted by atomic mass is 9.74. The molecule has 1 aromatic heterocycles. The maximum Gasteiger partial charge on any atom is 0.240 e. The van der Waals surface area contributed by atoms with Gasteiger partial charge in [-0.15, -0.1) is 10.2 Å². The van der Waals surface area contributed by atoms with E-state index in [-0.39, 0.29) is 5.91 Å². The zero-order valence-corrected chi connectivity index (χ0v) is 13.1. The van der Waals surface area contributed by atoms with E-state index in [0.29, 0.717) is 25.3 Å². The highest BCUT2D eigenvalue weighted by atomic mass is 16.2. The van der Waals surface area contributed by atoms with Crippen LogP contribution in [0.1, 0.15) is 68.9 Å². The van der Waals surface area contributed by atoms with E-state index in [2.05, 4.69) is 21.6 Å². The lowest BCUT2D eigenvalue weighted by molar-refractivity contribution is -0.129. The standard InChI is InChI=1S/C16H23N5O/c1-21-13(19-20-14(21)12-6-5-7-12)10-18-15(22)16(11-17)8-3-2-4-9-16/h12H,2-10H2,1H3,(H,18,22). The Balaban J connectivity index is 1.63. The summed E-state index contributed by atoms with van der Waals surface area (Å²) < 4.78 is 1.99. The highest BCUT2D eigenvalue weighted by molar-refractivity contribution is 5.85. The molecule has 2 aliphatic carbocycles. The number of carbonyl (C=O) groups is 1. The molecule has 0 bridgehead atoms. The van der Waals surface area contributed by atoms with E-state index in [9.17, 15) is 10.1 Å². The van der Waals surface area contributed by atoms with Gasteiger partial charge >= 0.3 is 0 Å². The molecule has 118 valence electrons. The minimum Gasteiger partial charge on any atom is -0.347 e. The van der Waals surface area contributed by atoms with Crippen LogP contribution >= 0.6 is 0 Å². The molecule has 0 radical (unpaired) electrons. The summed E-state index contributed by atoms with van der Waals surface area (Å²) in [5.41, 5.74) is -0.840. The SMILES string of the molecule is Cn1c(CNC(=O)C2(C#N)CCCCC2)nnc1C1CCC1. The molecule has 2 saturated carbocycles. The molecule has 2 fully saturated rings. The second-order valence-corrected chi connectivity index (χ2v) is 6.60. The topological polar surface area (TPSA) is 83.6 Å². The van der Waals surface area contributed by atoms with Crippen molar-refractivity contribution in [3.05, 3.63) is 11.6 Å². The van der Waals surface area contributed by atoms with Crippen molar-refractivity contribution in [1.82, 2.24) is 20.1 Å². The summed E-state index contributed by atoms with van der Waals surface area (Å²) in [5, 5.41) is 20.8. The zero-order chi connectivity index (χ0) is 15.6. The van der Waals surface area contributed by atoms with Crippen LogP contribution in [-0.4, -0.2) is 20.7 Å². The molecule has 6 nitrogen and oxygen atoms in total. The number of carbonyl (C=O) groups excluding carboxylic acids is 1. The first-order chi connectivity index (χ1) is 10.7. The van der Waals surface area contributed by atoms with E-state index in [1.54, 1.807) is 0 Å². The third-order valence-electron chi connectivity index (χ3n) is 5.23. The van der Waals surface area contributed by atoms with Crippen LogP contribution in [-0.2, 0) is 18.4 Å². The van der Waals surface area contributed by atoms with Gasteiger partial charge in [0, 0.05) is 13.0 Å². The fourth-order valence-electron chi connectivity index (χ4n) is 3.42. The van der Waals surface area contributed by atoms with E-state index in [0.717, 1.165) is 30.9 Å². The number of rotatable bonds is 4. The van der Waals surface area contributed by atoms with Crippen molar-refractivity contribution in [2.24, 2.45) is 12.5 Å². The van der Waals surface area contributed by atoms with E-state index in [4.69, 9.17) is 0 Å². The largest absolute Gasteiger partial charge is 0.347 e. The molecule has 0 atom stereocenters. The lowest BCUT2D eigenvalue weighted by Crippen LogP contribution is -2.41. The predicted octanol–water partition coefficient (Wildman–Crippen LogP) is 2.17. The Kier molecular flexibility index (Phi) is 4.14. The summed E-state index contributed by atoms with van der Waals surface area (Å²) in [6.45, 7) is 0.346. The normalized spacial score (nSPS) is 20.9. The summed E-state index contributed by atoms with van der Waals surface area (Å²) in [7, 11) is 1.95. The molecule has 6 heteroatoms. The maximum atomic E-state index is 12.5. The molecular weight excluding hydrogens is 278 g/mol. The summed E-state index contributed by atoms with van der Waals surface area (Å²) in [6.07, 6.45) is 7.97. The van der Waals surface area contributed by atoms with Gasteiger partial charge in [-0.2, -0.15) is 5.26 Å². The minimum absolute atomic E-state index is 0.150. The molecule has 1 heterocycles. The van der Waals surface area contributed by atoms with Crippen molar-refractivity contribution >= 4 is 5.91 Å². The van der Waals surface area contributed by atoms with Gasteiger partial charge in [-0.1, -0.05) is 25.7 Å². The maximum absolute atomic E-state index is 12.5. The Morgan fingerprint density at radius 1 is 1.32 bits per heavy atom. The second kappa shape index (κ2) is 6.07. The monoisotopic (exact) mass is 301 g/mol. The molecule has 2 aliphatic rings. The van der Waals surface area contributed by atoms with Gasteiger partial charge in [-0.05, 0) is 25.7 Å². The van der Waals surface area contributed by atoms with Crippen LogP contribution in [0.3, 0.4) is 0 Å². The third-order valence-corrected chi connectivity index (χ3v) is 5.23. The Morgan fingerprint density at radius 2 is 2.05 bits per heavy atom. The van der Waals surface area contributed by atoms with Crippen LogP contribution in [0.15, 0.2) is 0 Å². The molecule has 0 unspecified atom stereocenters. The van der Waals surface area contributed by atoms with E-state index in [1.165, 1.54) is 19.3 Å². The molecule has 0 spiro atoms. The first-order valence-corrected chi connectivity index (χ1v) is 8.24. The van der Waals surface area contributed by atoms with Crippen molar-refractivity contribution in [2.45, 2.75) is 63.8 Å². The average molecular weight is 301 g/mol. The minimum atomic E-state index is -0.840. The van der Waals surface area contributed by atoms with Crippen LogP contribution in [0.5, 0.6) is 0 Å². The summed E-state index contributed by atoms with van der Waals surface area (Å²) in [4.78, 5) is 12.5. The van der Waals surface area contributed by atoms with Crippen molar-refractivity contribution in [3.63, 3.8) is 0 Å². The quantitative estimate of drug-likeness (QED) is 0.923. The van der Waals surface area contributed by atoms with Gasteiger partial charge in [0.25, 0.3) is 0 Å². The van der Waals surface area contributed by atoms with Crippen molar-refractivity contribution in [3.8, 4) is 6.07 Å². The highest BCUT2D eigenvalue weighted by Crippen LogP contribution is 2.36. The average Bonchev–Trinajstić information content (AvgIpc) is 2.85. The van der Waals surface area contributed by atoms with E-state index < -0.39 is 5.41 Å². The molecule has 1 N–H and O–H groups in total. The van der Waals surface area contributed by atoms with Crippen molar-refractivity contribution in [2.75, 3.05) is 0 Å². The number of amides is 1. The first-order valence-electron chi connectivity index (χ1n) is 8.24. The molecule has 1 amide bonds. The van der Waals surface area contributed by atoms with E-state index in [1.807, 2.05) is 11.6 Å². The summed E-state index contributed by atoms with van der Waals surface area (Å²) in [6, 6.07) is 2.25. The number of hydrogen-bond donors (Lipinski definition) is 1. The van der Waals surface area contributed by atoms with Crippen LogP contribution in [0.2, 0.25) is 0 Å². The lowest BCUT2D eigenvalue weighted by Gasteiger charge is -2.29. The second-order valence-electron chi connectivity index (χ2n) is 6.60. The van der Waals surface area contributed by atoms with Crippen LogP contribution in [0.25, 0.3) is 0 Å². The van der Waals surface area contributed by atoms with Gasteiger partial charge in [-0.3, -0.25) is 4.79 Å². The van der Waals surface area contributed by atoms with Gasteiger partial charge in [-0.25, -0.2) is 0 Å². The summed E-state index contributed by atoms with van der Waals surface area (Å²) in [5.74, 6) is 2.15. The number of nitrogens with zero attached hydrogens (tertiary/aromatic N) is 4. The zero-order valence-electron chi connectivity index (χ0n) is 13.1. The Bertz CT molecular complexity index is 590. The van der Waals surface area contributed by atoms with Crippen LogP contribution in [0.4, 0.5) is 0 Å². The Hall–Kier alpha value is -1.90. The van der Waals surface area contributed by atoms with Gasteiger partial charge in [0.2, 0.25) is 5.91 Å². The predicted molar refractivity (Wildman–Crippen MR) is 80.6 cm³/mol. The first kappa shape index (κ1) is 15.0. The fourth-order valence-corrected chi connectivity index (χ4v) is 3.42. The van der Waals surface area contributed by atoms with Gasteiger partial charge in [0.05, 0.1) is 12.6 Å². The molecule has 0 aromatic carbocycles. The summed E-state index contributed by atoms with van der Waals surface area (Å²) >= 11 is 0. The molecule has 22 heavy (non-hydrogen) atoms. The molecule has 1 aromatic rings. The Labute approximate surface area is 130 Å². The Morgan fingerprint density at radius 3 is 2.64 bits per heavy atom. The van der Waals surface area contributed by atoms with Crippen molar-refractivity contribution in [1.29, 1.82) is 5.26 Å². The van der Waals surface area contributed by atoms with Crippen LogP contribution in [0, 0.1) is 16.7 Å². The van der Waals surface area contributed by atoms with Gasteiger partial charge in [0.15, 0.2) is 5.82 Å². The number of aromatic nitrogens is 3. The number of nitrogens with one attached hydrogen (secondary N) is 1.